The van der Waals surface area contributed by atoms with E-state index >= 15 is 0 Å². The molecule has 3 aromatic heterocycles. The fourth-order valence-corrected chi connectivity index (χ4v) is 3.25. The standard InChI is InChI=1S/C16H17N3OS/c1-9(2)19-16-10(3)5-13(18-14(16)7-17-19)12-6-15(11(4)20)21-8-12/h5-9H,1-4H3. The summed E-state index contributed by atoms with van der Waals surface area (Å²) in [6.07, 6.45) is 1.81. The van der Waals surface area contributed by atoms with E-state index in [9.17, 15) is 4.79 Å². The van der Waals surface area contributed by atoms with Gasteiger partial charge < -0.3 is 0 Å². The van der Waals surface area contributed by atoms with Crippen LogP contribution < -0.4 is 0 Å². The molecule has 4 nitrogen and oxygen atoms in total. The molecule has 0 fully saturated rings. The van der Waals surface area contributed by atoms with Crippen LogP contribution in [0.3, 0.4) is 0 Å². The van der Waals surface area contributed by atoms with Gasteiger partial charge in [0.15, 0.2) is 5.78 Å². The van der Waals surface area contributed by atoms with Crippen LogP contribution in [0.1, 0.15) is 42.0 Å². The number of carbonyl (C=O) groups is 1. The highest BCUT2D eigenvalue weighted by atomic mass is 32.1. The second-order valence-electron chi connectivity index (χ2n) is 5.50. The van der Waals surface area contributed by atoms with Gasteiger partial charge in [0.1, 0.15) is 5.52 Å². The first-order valence-corrected chi connectivity index (χ1v) is 7.80. The zero-order valence-electron chi connectivity index (χ0n) is 12.5. The van der Waals surface area contributed by atoms with Crippen molar-refractivity contribution in [3.63, 3.8) is 0 Å². The molecule has 0 unspecified atom stereocenters. The van der Waals surface area contributed by atoms with Gasteiger partial charge in [-0.3, -0.25) is 9.48 Å². The van der Waals surface area contributed by atoms with Crippen molar-refractivity contribution in [2.75, 3.05) is 0 Å². The summed E-state index contributed by atoms with van der Waals surface area (Å²) in [6, 6.07) is 4.28. The molecule has 0 spiro atoms. The first-order chi connectivity index (χ1) is 9.97. The Hall–Kier alpha value is -2.01. The van der Waals surface area contributed by atoms with E-state index < -0.39 is 0 Å². The number of pyridine rings is 1. The Labute approximate surface area is 127 Å². The molecule has 21 heavy (non-hydrogen) atoms. The van der Waals surface area contributed by atoms with Crippen LogP contribution in [0.4, 0.5) is 0 Å². The fourth-order valence-electron chi connectivity index (χ4n) is 2.45. The quantitative estimate of drug-likeness (QED) is 0.679. The van der Waals surface area contributed by atoms with Crippen molar-refractivity contribution in [2.24, 2.45) is 0 Å². The second kappa shape index (κ2) is 5.07. The van der Waals surface area contributed by atoms with Crippen LogP contribution in [0.5, 0.6) is 0 Å². The van der Waals surface area contributed by atoms with E-state index in [0.717, 1.165) is 32.7 Å². The van der Waals surface area contributed by atoms with Crippen LogP contribution in [-0.4, -0.2) is 20.5 Å². The maximum absolute atomic E-state index is 11.4. The Kier molecular flexibility index (Phi) is 3.37. The number of carbonyl (C=O) groups excluding carboxylic acids is 1. The number of aromatic nitrogens is 3. The molecule has 3 heterocycles. The maximum atomic E-state index is 11.4. The minimum Gasteiger partial charge on any atom is -0.294 e. The van der Waals surface area contributed by atoms with Gasteiger partial charge in [-0.2, -0.15) is 5.10 Å². The molecule has 0 N–H and O–H groups in total. The molecule has 0 radical (unpaired) electrons. The lowest BCUT2D eigenvalue weighted by Crippen LogP contribution is -2.03. The van der Waals surface area contributed by atoms with Crippen LogP contribution in [0.15, 0.2) is 23.7 Å². The van der Waals surface area contributed by atoms with E-state index in [2.05, 4.69) is 31.9 Å². The van der Waals surface area contributed by atoms with Gasteiger partial charge in [-0.1, -0.05) is 0 Å². The third-order valence-electron chi connectivity index (χ3n) is 3.48. The number of thiophene rings is 1. The van der Waals surface area contributed by atoms with E-state index in [0.29, 0.717) is 6.04 Å². The van der Waals surface area contributed by atoms with E-state index in [1.54, 1.807) is 6.92 Å². The number of Topliss-reactive ketones (excluding diaryl/α,β-unsaturated/α-hetero) is 1. The minimum absolute atomic E-state index is 0.0941. The zero-order valence-corrected chi connectivity index (χ0v) is 13.4. The van der Waals surface area contributed by atoms with Crippen LogP contribution >= 0.6 is 11.3 Å². The molecule has 5 heteroatoms. The molecule has 0 aliphatic carbocycles. The third-order valence-corrected chi connectivity index (χ3v) is 4.51. The molecule has 0 aromatic carbocycles. The number of rotatable bonds is 3. The summed E-state index contributed by atoms with van der Waals surface area (Å²) in [5, 5.41) is 6.41. The summed E-state index contributed by atoms with van der Waals surface area (Å²) >= 11 is 1.46. The third kappa shape index (κ3) is 2.38. The van der Waals surface area contributed by atoms with Gasteiger partial charge in [-0.05, 0) is 45.4 Å². The molecule has 0 aliphatic heterocycles. The van der Waals surface area contributed by atoms with Crippen molar-refractivity contribution in [2.45, 2.75) is 33.7 Å². The SMILES string of the molecule is CC(=O)c1cc(-c2cc(C)c3c(cnn3C(C)C)n2)cs1. The normalized spacial score (nSPS) is 11.5. The van der Waals surface area contributed by atoms with Gasteiger partial charge >= 0.3 is 0 Å². The number of fused-ring (bicyclic) bond motifs is 1. The average Bonchev–Trinajstić information content (AvgIpc) is 3.05. The summed E-state index contributed by atoms with van der Waals surface area (Å²) < 4.78 is 2.00. The van der Waals surface area contributed by atoms with Crippen molar-refractivity contribution in [3.05, 3.63) is 34.2 Å². The molecular formula is C16H17N3OS. The highest BCUT2D eigenvalue weighted by Crippen LogP contribution is 2.29. The topological polar surface area (TPSA) is 47.8 Å². The molecular weight excluding hydrogens is 282 g/mol. The van der Waals surface area contributed by atoms with Gasteiger partial charge in [0, 0.05) is 17.0 Å². The monoisotopic (exact) mass is 299 g/mol. The predicted octanol–water partition coefficient (Wildman–Crippen LogP) is 4.25. The highest BCUT2D eigenvalue weighted by molar-refractivity contribution is 7.12. The number of aryl methyl sites for hydroxylation is 1. The van der Waals surface area contributed by atoms with E-state index in [1.807, 2.05) is 22.3 Å². The van der Waals surface area contributed by atoms with Crippen LogP contribution in [0.25, 0.3) is 22.3 Å². The smallest absolute Gasteiger partial charge is 0.169 e. The van der Waals surface area contributed by atoms with E-state index in [1.165, 1.54) is 11.3 Å². The van der Waals surface area contributed by atoms with Crippen molar-refractivity contribution in [3.8, 4) is 11.3 Å². The Morgan fingerprint density at radius 2 is 2.10 bits per heavy atom. The lowest BCUT2D eigenvalue weighted by molar-refractivity contribution is 0.102. The average molecular weight is 299 g/mol. The number of hydrogen-bond acceptors (Lipinski definition) is 4. The maximum Gasteiger partial charge on any atom is 0.169 e. The van der Waals surface area contributed by atoms with E-state index in [4.69, 9.17) is 4.98 Å². The van der Waals surface area contributed by atoms with Crippen molar-refractivity contribution in [1.29, 1.82) is 0 Å². The zero-order chi connectivity index (χ0) is 15.1. The van der Waals surface area contributed by atoms with Crippen molar-refractivity contribution < 1.29 is 4.79 Å². The molecule has 3 rings (SSSR count). The van der Waals surface area contributed by atoms with Gasteiger partial charge in [-0.25, -0.2) is 4.98 Å². The van der Waals surface area contributed by atoms with Gasteiger partial charge in [0.05, 0.1) is 22.3 Å². The van der Waals surface area contributed by atoms with Crippen molar-refractivity contribution >= 4 is 28.2 Å². The highest BCUT2D eigenvalue weighted by Gasteiger charge is 2.13. The molecule has 3 aromatic rings. The Bertz CT molecular complexity index is 829. The summed E-state index contributed by atoms with van der Waals surface area (Å²) in [5.74, 6) is 0.0941. The second-order valence-corrected chi connectivity index (χ2v) is 6.41. The Morgan fingerprint density at radius 1 is 1.33 bits per heavy atom. The van der Waals surface area contributed by atoms with Gasteiger partial charge in [0.2, 0.25) is 0 Å². The number of hydrogen-bond donors (Lipinski definition) is 0. The van der Waals surface area contributed by atoms with Crippen LogP contribution in [0.2, 0.25) is 0 Å². The largest absolute Gasteiger partial charge is 0.294 e. The summed E-state index contributed by atoms with van der Waals surface area (Å²) in [6.45, 7) is 7.88. The lowest BCUT2D eigenvalue weighted by atomic mass is 10.1. The number of nitrogens with zero attached hydrogens (tertiary/aromatic N) is 3. The fraction of sp³-hybridized carbons (Fsp3) is 0.312. The van der Waals surface area contributed by atoms with Gasteiger partial charge in [0.25, 0.3) is 0 Å². The number of ketones is 1. The molecule has 0 amide bonds. The Balaban J connectivity index is 2.14. The van der Waals surface area contributed by atoms with Gasteiger partial charge in [-0.15, -0.1) is 11.3 Å². The molecule has 0 atom stereocenters. The van der Waals surface area contributed by atoms with Crippen LogP contribution in [0, 0.1) is 6.92 Å². The van der Waals surface area contributed by atoms with Crippen LogP contribution in [-0.2, 0) is 0 Å². The molecule has 0 saturated heterocycles. The summed E-state index contributed by atoms with van der Waals surface area (Å²) in [7, 11) is 0. The lowest BCUT2D eigenvalue weighted by Gasteiger charge is -2.09. The summed E-state index contributed by atoms with van der Waals surface area (Å²) in [5.41, 5.74) is 5.02. The summed E-state index contributed by atoms with van der Waals surface area (Å²) in [4.78, 5) is 16.9. The minimum atomic E-state index is 0.0941. The molecule has 0 saturated carbocycles. The van der Waals surface area contributed by atoms with Crippen molar-refractivity contribution in [1.82, 2.24) is 14.8 Å². The molecule has 0 aliphatic rings. The molecule has 0 bridgehead atoms. The predicted molar refractivity (Wildman–Crippen MR) is 86.0 cm³/mol. The first kappa shape index (κ1) is 13.9. The molecule has 108 valence electrons. The van der Waals surface area contributed by atoms with E-state index in [-0.39, 0.29) is 5.78 Å². The Morgan fingerprint density at radius 3 is 2.71 bits per heavy atom. The first-order valence-electron chi connectivity index (χ1n) is 6.92.